The van der Waals surface area contributed by atoms with E-state index in [2.05, 4.69) is 38.2 Å². The fourth-order valence-corrected chi connectivity index (χ4v) is 1.60. The Hall–Kier alpha value is -0.530. The lowest BCUT2D eigenvalue weighted by Crippen LogP contribution is -2.32. The third-order valence-electron chi connectivity index (χ3n) is 2.49. The van der Waals surface area contributed by atoms with Crippen LogP contribution in [-0.4, -0.2) is 11.3 Å². The summed E-state index contributed by atoms with van der Waals surface area (Å²) in [6.07, 6.45) is 5.04. The molecule has 1 aliphatic carbocycles. The van der Waals surface area contributed by atoms with E-state index >= 15 is 0 Å². The Morgan fingerprint density at radius 3 is 2.62 bits per heavy atom. The topological polar surface area (TPSA) is 24.4 Å². The van der Waals surface area contributed by atoms with Crippen LogP contribution in [0.25, 0.3) is 0 Å². The molecule has 0 aliphatic heterocycles. The Bertz CT molecular complexity index is 189. The highest BCUT2D eigenvalue weighted by molar-refractivity contribution is 5.86. The van der Waals surface area contributed by atoms with Crippen molar-refractivity contribution in [2.24, 2.45) is 11.0 Å². The number of hydrogen-bond donors (Lipinski definition) is 1. The highest BCUT2D eigenvalue weighted by Crippen LogP contribution is 2.25. The molecule has 1 atom stereocenters. The molecule has 0 bridgehead atoms. The maximum absolute atomic E-state index is 4.46. The van der Waals surface area contributed by atoms with Crippen molar-refractivity contribution in [3.8, 4) is 0 Å². The van der Waals surface area contributed by atoms with Crippen molar-refractivity contribution in [1.29, 1.82) is 0 Å². The van der Waals surface area contributed by atoms with Crippen molar-refractivity contribution >= 4 is 5.71 Å². The summed E-state index contributed by atoms with van der Waals surface area (Å²) in [6, 6.07) is 0. The Morgan fingerprint density at radius 1 is 1.46 bits per heavy atom. The third kappa shape index (κ3) is 3.79. The minimum Gasteiger partial charge on any atom is -0.305 e. The summed E-state index contributed by atoms with van der Waals surface area (Å²) in [5.74, 6) is 0.889. The van der Waals surface area contributed by atoms with E-state index in [9.17, 15) is 0 Å². The van der Waals surface area contributed by atoms with Gasteiger partial charge in [-0.3, -0.25) is 0 Å². The molecule has 76 valence electrons. The molecule has 1 saturated carbocycles. The van der Waals surface area contributed by atoms with Gasteiger partial charge in [0.05, 0.1) is 0 Å². The van der Waals surface area contributed by atoms with Gasteiger partial charge in [-0.25, -0.2) is 0 Å². The molecule has 13 heavy (non-hydrogen) atoms. The van der Waals surface area contributed by atoms with Gasteiger partial charge >= 0.3 is 0 Å². The van der Waals surface area contributed by atoms with Crippen LogP contribution in [0.1, 0.15) is 53.4 Å². The smallest absolute Gasteiger partial charge is 0.0464 e. The SMILES string of the molecule is CCC1CC/C(=N\NC(C)(C)C)C1. The van der Waals surface area contributed by atoms with Gasteiger partial charge in [0.2, 0.25) is 0 Å². The van der Waals surface area contributed by atoms with Crippen LogP contribution in [0.15, 0.2) is 5.10 Å². The van der Waals surface area contributed by atoms with Crippen molar-refractivity contribution in [3.63, 3.8) is 0 Å². The van der Waals surface area contributed by atoms with Gasteiger partial charge < -0.3 is 5.43 Å². The van der Waals surface area contributed by atoms with Crippen LogP contribution in [0.5, 0.6) is 0 Å². The molecule has 1 fully saturated rings. The van der Waals surface area contributed by atoms with Crippen molar-refractivity contribution in [2.45, 2.75) is 58.9 Å². The molecular weight excluding hydrogens is 160 g/mol. The van der Waals surface area contributed by atoms with E-state index < -0.39 is 0 Å². The summed E-state index contributed by atoms with van der Waals surface area (Å²) in [6.45, 7) is 8.70. The Balaban J connectivity index is 2.37. The lowest BCUT2D eigenvalue weighted by Gasteiger charge is -2.18. The molecule has 0 saturated heterocycles. The third-order valence-corrected chi connectivity index (χ3v) is 2.49. The summed E-state index contributed by atoms with van der Waals surface area (Å²) >= 11 is 0. The predicted molar refractivity (Wildman–Crippen MR) is 58.0 cm³/mol. The molecule has 0 amide bonds. The van der Waals surface area contributed by atoms with E-state index in [4.69, 9.17) is 0 Å². The number of nitrogens with zero attached hydrogens (tertiary/aromatic N) is 1. The maximum Gasteiger partial charge on any atom is 0.0464 e. The average molecular weight is 182 g/mol. The van der Waals surface area contributed by atoms with Gasteiger partial charge in [0.25, 0.3) is 0 Å². The molecule has 0 aromatic heterocycles. The zero-order valence-electron chi connectivity index (χ0n) is 9.35. The molecule has 0 radical (unpaired) electrons. The van der Waals surface area contributed by atoms with Crippen LogP contribution in [0, 0.1) is 5.92 Å². The van der Waals surface area contributed by atoms with Gasteiger partial charge in [0.15, 0.2) is 0 Å². The standard InChI is InChI=1S/C11H22N2/c1-5-9-6-7-10(8-9)12-13-11(2,3)4/h9,13H,5-8H2,1-4H3/b12-10+. The second kappa shape index (κ2) is 4.12. The van der Waals surface area contributed by atoms with Crippen molar-refractivity contribution in [3.05, 3.63) is 0 Å². The Morgan fingerprint density at radius 2 is 2.15 bits per heavy atom. The molecule has 0 heterocycles. The Kier molecular flexibility index (Phi) is 3.34. The summed E-state index contributed by atoms with van der Waals surface area (Å²) in [7, 11) is 0. The van der Waals surface area contributed by atoms with Crippen LogP contribution in [-0.2, 0) is 0 Å². The van der Waals surface area contributed by atoms with Crippen LogP contribution in [0.2, 0.25) is 0 Å². The number of nitrogens with one attached hydrogen (secondary N) is 1. The first-order chi connectivity index (χ1) is 6.01. The lowest BCUT2D eigenvalue weighted by molar-refractivity contribution is 0.440. The van der Waals surface area contributed by atoms with Gasteiger partial charge in [0, 0.05) is 11.3 Å². The van der Waals surface area contributed by atoms with Crippen LogP contribution >= 0.6 is 0 Å². The normalized spacial score (nSPS) is 26.8. The molecule has 1 unspecified atom stereocenters. The van der Waals surface area contributed by atoms with Crippen molar-refractivity contribution < 1.29 is 0 Å². The molecule has 2 nitrogen and oxygen atoms in total. The van der Waals surface area contributed by atoms with E-state index in [1.165, 1.54) is 31.4 Å². The van der Waals surface area contributed by atoms with Crippen molar-refractivity contribution in [1.82, 2.24) is 5.43 Å². The first kappa shape index (κ1) is 10.6. The van der Waals surface area contributed by atoms with Crippen LogP contribution in [0.4, 0.5) is 0 Å². The number of hydrogen-bond acceptors (Lipinski definition) is 2. The second-order valence-corrected chi connectivity index (χ2v) is 5.06. The monoisotopic (exact) mass is 182 g/mol. The average Bonchev–Trinajstić information content (AvgIpc) is 2.47. The molecule has 0 spiro atoms. The van der Waals surface area contributed by atoms with Gasteiger partial charge in [0.1, 0.15) is 0 Å². The quantitative estimate of drug-likeness (QED) is 0.652. The number of hydrazone groups is 1. The second-order valence-electron chi connectivity index (χ2n) is 5.06. The zero-order valence-corrected chi connectivity index (χ0v) is 9.35. The van der Waals surface area contributed by atoms with E-state index in [1.807, 2.05) is 0 Å². The van der Waals surface area contributed by atoms with Gasteiger partial charge in [-0.05, 0) is 46.0 Å². The minimum absolute atomic E-state index is 0.108. The molecule has 1 aliphatic rings. The van der Waals surface area contributed by atoms with E-state index in [1.54, 1.807) is 0 Å². The Labute approximate surface area is 81.8 Å². The predicted octanol–water partition coefficient (Wildman–Crippen LogP) is 2.94. The van der Waals surface area contributed by atoms with Crippen LogP contribution < -0.4 is 5.43 Å². The molecule has 0 aromatic rings. The van der Waals surface area contributed by atoms with E-state index in [0.717, 1.165) is 5.92 Å². The van der Waals surface area contributed by atoms with E-state index in [0.29, 0.717) is 0 Å². The zero-order chi connectivity index (χ0) is 9.90. The van der Waals surface area contributed by atoms with Crippen LogP contribution in [0.3, 0.4) is 0 Å². The minimum atomic E-state index is 0.108. The van der Waals surface area contributed by atoms with Gasteiger partial charge in [-0.1, -0.05) is 13.3 Å². The maximum atomic E-state index is 4.46. The largest absolute Gasteiger partial charge is 0.305 e. The molecule has 2 heteroatoms. The van der Waals surface area contributed by atoms with Gasteiger partial charge in [-0.15, -0.1) is 0 Å². The molecule has 1 N–H and O–H groups in total. The fraction of sp³-hybridized carbons (Fsp3) is 0.909. The first-order valence-electron chi connectivity index (χ1n) is 5.34. The van der Waals surface area contributed by atoms with E-state index in [-0.39, 0.29) is 5.54 Å². The number of rotatable bonds is 2. The molecular formula is C11H22N2. The summed E-state index contributed by atoms with van der Waals surface area (Å²) < 4.78 is 0. The first-order valence-corrected chi connectivity index (χ1v) is 5.34. The summed E-state index contributed by atoms with van der Waals surface area (Å²) in [5.41, 5.74) is 4.67. The molecule has 1 rings (SSSR count). The van der Waals surface area contributed by atoms with Crippen molar-refractivity contribution in [2.75, 3.05) is 0 Å². The molecule has 0 aromatic carbocycles. The summed E-state index contributed by atoms with van der Waals surface area (Å²) in [5, 5.41) is 4.46. The summed E-state index contributed by atoms with van der Waals surface area (Å²) in [4.78, 5) is 0. The highest BCUT2D eigenvalue weighted by atomic mass is 15.3. The highest BCUT2D eigenvalue weighted by Gasteiger charge is 2.19. The fourth-order valence-electron chi connectivity index (χ4n) is 1.60. The van der Waals surface area contributed by atoms with Gasteiger partial charge in [-0.2, -0.15) is 5.10 Å². The lowest BCUT2D eigenvalue weighted by atomic mass is 10.1.